The van der Waals surface area contributed by atoms with Crippen molar-refractivity contribution < 1.29 is 162 Å². The summed E-state index contributed by atoms with van der Waals surface area (Å²) in [6.45, 7) is -1.10. The van der Waals surface area contributed by atoms with Crippen LogP contribution in [0, 0.1) is 0 Å². The van der Waals surface area contributed by atoms with Gasteiger partial charge in [0.15, 0.2) is 12.6 Å². The van der Waals surface area contributed by atoms with E-state index in [9.17, 15) is 35.7 Å². The van der Waals surface area contributed by atoms with Crippen molar-refractivity contribution in [3.8, 4) is 0 Å². The standard InChI is InChI=1S/C12H22O11.8Ca.5H3O4P.2H2O.16H/c13-1-3-5(14)8(17)10(19)12(23-3)21-2-4-6(15)7(16)9(18)11(20)22-4;;;;;;;;;5*1-5(2,3)4;;;;;;;;;;;;;;;;;;/h3-20H,1-2H2;;;;;;;;;5*(H3,1,2,3,4);2*1H2;;;;;;;;;;;;;;;;/t3-,4-,5-,6-,7+,8+,9+,10+,11+,12+;;;;;;;;;;;;;;;;;;;;;;;;;;;;;;;/m1.............................../s1. The molecule has 2 aliphatic rings. The van der Waals surface area contributed by atoms with Crippen LogP contribution in [0.15, 0.2) is 0 Å². The zero-order chi connectivity index (χ0) is 39.8. The van der Waals surface area contributed by atoms with Gasteiger partial charge in [-0.25, -0.2) is 22.8 Å². The molecule has 27 N–H and O–H groups in total. The van der Waals surface area contributed by atoms with E-state index in [1.54, 1.807) is 0 Å². The topological polar surface area (TPSA) is 641 Å². The fourth-order valence-electron chi connectivity index (χ4n) is 2.46. The molecule has 2 aliphatic heterocycles. The van der Waals surface area contributed by atoms with E-state index in [4.69, 9.17) is 116 Å². The van der Waals surface area contributed by atoms with Crippen molar-refractivity contribution in [2.45, 2.75) is 61.4 Å². The average Bonchev–Trinajstić information content (AvgIpc) is 2.78. The van der Waals surface area contributed by atoms with Gasteiger partial charge in [0, 0.05) is 0 Å². The van der Waals surface area contributed by atoms with Crippen molar-refractivity contribution >= 4 is 341 Å². The summed E-state index contributed by atoms with van der Waals surface area (Å²) in [7, 11) is -23.2. The number of phosphoric acid groups is 5. The zero-order valence-electron chi connectivity index (χ0n) is 24.0. The first kappa shape index (κ1) is 105. The van der Waals surface area contributed by atoms with Crippen LogP contribution in [0.1, 0.15) is 0 Å². The van der Waals surface area contributed by atoms with E-state index >= 15 is 0 Å². The Balaban J connectivity index is -0.0000000390. The summed E-state index contributed by atoms with van der Waals surface area (Å²) in [5, 5.41) is 76.1. The van der Waals surface area contributed by atoms with Crippen molar-refractivity contribution in [2.24, 2.45) is 0 Å². The molecule has 2 fully saturated rings. The van der Waals surface area contributed by atoms with Crippen LogP contribution in [-0.4, -0.2) is 502 Å². The quantitative estimate of drug-likeness (QED) is 0.0918. The Hall–Kier alpha value is 10.1. The molecule has 0 aromatic carbocycles. The molecular weight excluding hydrogens is 1150 g/mol. The van der Waals surface area contributed by atoms with Gasteiger partial charge < -0.3 is 139 Å². The maximum atomic E-state index is 9.78. The summed E-state index contributed by atoms with van der Waals surface area (Å²) in [6, 6.07) is 0. The second-order valence-electron chi connectivity index (χ2n) is 8.13. The Morgan fingerprint density at radius 2 is 0.603 bits per heavy atom. The molecule has 0 amide bonds. The Bertz CT molecular complexity index is 965. The van der Waals surface area contributed by atoms with E-state index in [0.717, 1.165) is 0 Å². The molecule has 0 bridgehead atoms. The summed E-state index contributed by atoms with van der Waals surface area (Å²) in [5.41, 5.74) is 0. The monoisotopic (exact) mass is 1200 g/mol. The van der Waals surface area contributed by atoms with Gasteiger partial charge in [-0.1, -0.05) is 0 Å². The fourth-order valence-corrected chi connectivity index (χ4v) is 2.46. The number of rotatable bonds is 4. The summed E-state index contributed by atoms with van der Waals surface area (Å²) >= 11 is 0. The van der Waals surface area contributed by atoms with Crippen molar-refractivity contribution in [2.75, 3.05) is 13.2 Å². The summed E-state index contributed by atoms with van der Waals surface area (Å²) < 4.78 is 59.5. The second-order valence-corrected chi connectivity index (χ2v) is 13.3. The van der Waals surface area contributed by atoms with Crippen LogP contribution in [-0.2, 0) is 37.0 Å². The van der Waals surface area contributed by atoms with Gasteiger partial charge in [0.1, 0.15) is 48.8 Å². The number of ether oxygens (including phenoxy) is 3. The van der Waals surface area contributed by atoms with Gasteiger partial charge in [-0.05, 0) is 0 Å². The molecular formula is C12H57Ca8O33P5. The molecule has 2 saturated heterocycles. The Kier molecular flexibility index (Phi) is 93.9. The van der Waals surface area contributed by atoms with E-state index in [1.165, 1.54) is 0 Å². The first-order valence-electron chi connectivity index (χ1n) is 11.0. The third-order valence-electron chi connectivity index (χ3n) is 3.96. The van der Waals surface area contributed by atoms with Crippen LogP contribution in [0.4, 0.5) is 0 Å². The molecule has 0 radical (unpaired) electrons. The molecule has 2 heterocycles. The third kappa shape index (κ3) is 85.9. The van der Waals surface area contributed by atoms with Crippen LogP contribution in [0.2, 0.25) is 0 Å². The van der Waals surface area contributed by atoms with Gasteiger partial charge >= 0.3 is 341 Å². The van der Waals surface area contributed by atoms with E-state index in [2.05, 4.69) is 0 Å². The van der Waals surface area contributed by atoms with Crippen molar-refractivity contribution in [1.82, 2.24) is 0 Å². The van der Waals surface area contributed by atoms with E-state index in [-0.39, 0.29) is 313 Å². The van der Waals surface area contributed by atoms with E-state index in [0.29, 0.717) is 0 Å². The van der Waals surface area contributed by atoms with Crippen LogP contribution >= 0.6 is 39.1 Å². The maximum absolute atomic E-state index is 9.78. The van der Waals surface area contributed by atoms with Crippen molar-refractivity contribution in [3.63, 3.8) is 0 Å². The molecule has 0 aliphatic carbocycles. The SMILES string of the molecule is O.O.O=P(O)(O)O.O=P(O)(O)O.O=P(O)(O)O.O=P(O)(O)O.O=P(O)(O)O.OC[C@H]1O[C@H](OC[C@H]2O[C@H](O)[C@@H](O)[C@@H](O)[C@@H]2O)[C@@H](O)[C@@H](O)[C@@H]1O.[CaH2].[CaH2].[CaH2].[CaH2].[CaH2].[CaH2].[CaH2].[CaH2]. The van der Waals surface area contributed by atoms with Gasteiger partial charge in [-0.3, -0.25) is 0 Å². The minimum absolute atomic E-state index is 0. The molecule has 46 heteroatoms. The number of aliphatic hydroxyl groups is 8. The third-order valence-corrected chi connectivity index (χ3v) is 3.96. The second kappa shape index (κ2) is 52.0. The van der Waals surface area contributed by atoms with Gasteiger partial charge in [-0.2, -0.15) is 0 Å². The fraction of sp³-hybridized carbons (Fsp3) is 1.00. The molecule has 0 spiro atoms. The van der Waals surface area contributed by atoms with Crippen molar-refractivity contribution in [3.05, 3.63) is 0 Å². The van der Waals surface area contributed by atoms with Crippen LogP contribution < -0.4 is 0 Å². The Labute approximate surface area is 565 Å². The summed E-state index contributed by atoms with van der Waals surface area (Å²) in [5.74, 6) is 0. The van der Waals surface area contributed by atoms with E-state index < -0.39 is 114 Å². The predicted octanol–water partition coefficient (Wildman–Crippen LogP) is -19.0. The molecule has 0 saturated carbocycles. The average molecular weight is 1210 g/mol. The Morgan fingerprint density at radius 3 is 0.845 bits per heavy atom. The molecule has 0 aromatic rings. The molecule has 0 unspecified atom stereocenters. The summed E-state index contributed by atoms with van der Waals surface area (Å²) in [6.07, 6.45) is -15.3. The predicted molar refractivity (Wildman–Crippen MR) is 216 cm³/mol. The minimum atomic E-state index is -4.64. The molecule has 58 heavy (non-hydrogen) atoms. The number of hydrogen-bond acceptors (Lipinski definition) is 16. The van der Waals surface area contributed by atoms with Gasteiger partial charge in [0.2, 0.25) is 0 Å². The van der Waals surface area contributed by atoms with Gasteiger partial charge in [0.25, 0.3) is 0 Å². The van der Waals surface area contributed by atoms with E-state index in [1.807, 2.05) is 0 Å². The number of hydrogen-bond donors (Lipinski definition) is 23. The first-order chi connectivity index (χ1) is 20.8. The molecule has 2 rings (SSSR count). The molecule has 0 aromatic heterocycles. The van der Waals surface area contributed by atoms with Gasteiger partial charge in [-0.15, -0.1) is 0 Å². The Morgan fingerprint density at radius 1 is 0.379 bits per heavy atom. The molecule has 33 nitrogen and oxygen atoms in total. The molecule has 344 valence electrons. The van der Waals surface area contributed by atoms with Crippen LogP contribution in [0.3, 0.4) is 0 Å². The normalized spacial score (nSPS) is 25.6. The first-order valence-corrected chi connectivity index (χ1v) is 18.8. The van der Waals surface area contributed by atoms with Crippen LogP contribution in [0.25, 0.3) is 0 Å². The molecule has 10 atom stereocenters. The zero-order valence-corrected chi connectivity index (χ0v) is 28.4. The van der Waals surface area contributed by atoms with Crippen molar-refractivity contribution in [1.29, 1.82) is 0 Å². The van der Waals surface area contributed by atoms with Gasteiger partial charge in [0.05, 0.1) is 13.2 Å². The van der Waals surface area contributed by atoms with Crippen LogP contribution in [0.5, 0.6) is 0 Å². The number of aliphatic hydroxyl groups excluding tert-OH is 8. The summed E-state index contributed by atoms with van der Waals surface area (Å²) in [4.78, 5) is 108.